The van der Waals surface area contributed by atoms with Gasteiger partial charge in [0.15, 0.2) is 0 Å². The van der Waals surface area contributed by atoms with Crippen LogP contribution in [0.25, 0.3) is 0 Å². The van der Waals surface area contributed by atoms with Gasteiger partial charge in [0.05, 0.1) is 82.7 Å². The number of fused-ring (bicyclic) bond motifs is 10. The van der Waals surface area contributed by atoms with Gasteiger partial charge in [-0.05, 0) is 160 Å². The van der Waals surface area contributed by atoms with Crippen molar-refractivity contribution in [2.24, 2.45) is 53.6 Å². The van der Waals surface area contributed by atoms with Gasteiger partial charge < -0.3 is 30.3 Å². The van der Waals surface area contributed by atoms with Gasteiger partial charge in [-0.2, -0.15) is 0 Å². The highest BCUT2D eigenvalue weighted by Crippen LogP contribution is 2.49. The summed E-state index contributed by atoms with van der Waals surface area (Å²) in [6.07, 6.45) is 22.4. The number of allylic oxidation sites excluding steroid dienone is 25. The first-order chi connectivity index (χ1) is 39.4. The maximum atomic E-state index is 12.6. The molecule has 4 atom stereocenters. The number of nitrogens with zero attached hydrogens (tertiary/aromatic N) is 6. The molecule has 2 fully saturated rings. The molecule has 14 nitrogen and oxygen atoms in total. The molecule has 10 heterocycles. The number of rotatable bonds is 12. The zero-order valence-electron chi connectivity index (χ0n) is 49.2. The number of esters is 2. The lowest BCUT2D eigenvalue weighted by Crippen LogP contribution is -2.16. The predicted octanol–water partition coefficient (Wildman–Crippen LogP) is 13.6. The SMILES string of the molecule is CCC1=C(C)C2=NC1=CC1=NC(=CC3=C(C)C4=C(O)CC(=C5NC(=C2)[C@@H](C)[C@@H]5CCC(=O)OC)C4=N3)C(/C=C/CC2=C(CC)C3=CC4=C(C)C5=C(O)CC(=C6NC(=CC7=NC(=CC2=N3)C(CC)=C7C)[C@@H](C)[C@@H]6CCC(=O)OC)C5=N4)=C1C. The van der Waals surface area contributed by atoms with Crippen LogP contribution in [0.5, 0.6) is 0 Å². The minimum atomic E-state index is -0.254. The Kier molecular flexibility index (Phi) is 13.9. The molecule has 12 rings (SSSR count). The van der Waals surface area contributed by atoms with Crippen molar-refractivity contribution in [3.05, 3.63) is 195 Å². The second-order valence-electron chi connectivity index (χ2n) is 23.2. The van der Waals surface area contributed by atoms with E-state index in [0.29, 0.717) is 44.3 Å². The van der Waals surface area contributed by atoms with Gasteiger partial charge >= 0.3 is 11.9 Å². The van der Waals surface area contributed by atoms with E-state index in [1.165, 1.54) is 19.8 Å². The molecule has 82 heavy (non-hydrogen) atoms. The molecule has 0 spiro atoms. The van der Waals surface area contributed by atoms with Crippen LogP contribution in [0.15, 0.2) is 225 Å². The Morgan fingerprint density at radius 2 is 0.976 bits per heavy atom. The summed E-state index contributed by atoms with van der Waals surface area (Å²) in [5.74, 6) is 0.0716. The molecular formula is C68H72N8O6. The van der Waals surface area contributed by atoms with E-state index in [4.69, 9.17) is 39.4 Å². The van der Waals surface area contributed by atoms with Crippen LogP contribution >= 0.6 is 0 Å². The number of hydrogen-bond acceptors (Lipinski definition) is 14. The van der Waals surface area contributed by atoms with Crippen LogP contribution in [-0.4, -0.2) is 70.6 Å². The quantitative estimate of drug-likeness (QED) is 0.139. The molecule has 10 aliphatic heterocycles. The normalized spacial score (nSPS) is 25.4. The van der Waals surface area contributed by atoms with Crippen molar-refractivity contribution in [3.63, 3.8) is 0 Å². The third kappa shape index (κ3) is 8.82. The third-order valence-electron chi connectivity index (χ3n) is 18.9. The van der Waals surface area contributed by atoms with Crippen LogP contribution in [0.4, 0.5) is 0 Å². The minimum absolute atomic E-state index is 0.0294. The summed E-state index contributed by atoms with van der Waals surface area (Å²) in [5.41, 5.74) is 27.7. The van der Waals surface area contributed by atoms with Gasteiger partial charge in [0.1, 0.15) is 11.5 Å². The summed E-state index contributed by atoms with van der Waals surface area (Å²) in [6.45, 7) is 21.4. The zero-order chi connectivity index (χ0) is 57.7. The van der Waals surface area contributed by atoms with Crippen LogP contribution in [0.2, 0.25) is 0 Å². The Labute approximate surface area is 480 Å². The smallest absolute Gasteiger partial charge is 0.305 e. The van der Waals surface area contributed by atoms with Gasteiger partial charge in [-0.25, -0.2) is 30.0 Å². The fourth-order valence-electron chi connectivity index (χ4n) is 14.1. The number of methoxy groups -OCH3 is 2. The maximum absolute atomic E-state index is 12.6. The molecule has 0 saturated carbocycles. The topological polar surface area (TPSA) is 191 Å². The van der Waals surface area contributed by atoms with E-state index in [0.717, 1.165) is 177 Å². The number of ether oxygens (including phenoxy) is 2. The Morgan fingerprint density at radius 3 is 1.45 bits per heavy atom. The average molecular weight is 1100 g/mol. The summed E-state index contributed by atoms with van der Waals surface area (Å²) in [7, 11) is 2.86. The molecule has 14 heteroatoms. The van der Waals surface area contributed by atoms with Crippen LogP contribution in [0, 0.1) is 23.7 Å². The molecule has 16 bridgehead atoms. The monoisotopic (exact) mass is 1100 g/mol. The first kappa shape index (κ1) is 54.3. The summed E-state index contributed by atoms with van der Waals surface area (Å²) in [4.78, 5) is 57.3. The van der Waals surface area contributed by atoms with Crippen LogP contribution in [0.1, 0.15) is 133 Å². The molecule has 420 valence electrons. The molecule has 0 aromatic rings. The van der Waals surface area contributed by atoms with Crippen molar-refractivity contribution < 1.29 is 29.3 Å². The molecule has 2 aliphatic carbocycles. The van der Waals surface area contributed by atoms with Gasteiger partial charge in [-0.3, -0.25) is 9.59 Å². The van der Waals surface area contributed by atoms with Gasteiger partial charge in [0.25, 0.3) is 0 Å². The van der Waals surface area contributed by atoms with E-state index in [9.17, 15) is 19.8 Å². The van der Waals surface area contributed by atoms with E-state index >= 15 is 0 Å². The van der Waals surface area contributed by atoms with Crippen molar-refractivity contribution in [3.8, 4) is 0 Å². The van der Waals surface area contributed by atoms with Crippen molar-refractivity contribution in [2.45, 2.75) is 133 Å². The first-order valence-corrected chi connectivity index (χ1v) is 29.2. The van der Waals surface area contributed by atoms with E-state index in [1.54, 1.807) is 0 Å². The van der Waals surface area contributed by atoms with Crippen molar-refractivity contribution in [1.29, 1.82) is 0 Å². The lowest BCUT2D eigenvalue weighted by Gasteiger charge is -2.17. The Bertz CT molecular complexity index is 3870. The summed E-state index contributed by atoms with van der Waals surface area (Å²) < 4.78 is 10.2. The standard InChI is InChI=1S/C68H72N8O6/c1-13-38-31(4)47-25-50-34(7)42(19-21-61(79)81-11)66(73-50)46-24-60(78)64-37(10)53(76-68(46)64)29-57-41(33(6)49(71-57)27-54(38)69-47)17-16-18-44-40(15-3)56-28-52-36(9)63-59(77)23-45(67(63)75-52)65-43(20-22-62(80)82-12)35(8)51(74-65)26-48-32(5)39(14-2)55(70-48)30-58(44)72-56/h16-17,25-30,34-35,42-43,73-74,77-78H,13-15,18-24H2,1-12H3/b17-16+,50-25?,51-26?,54-27?,55-30?,56-28?,57-29?,65-45?,66-46?/t34-,35-,42-,43-/m0/s1. The number of nitrogens with one attached hydrogen (secondary N) is 2. The lowest BCUT2D eigenvalue weighted by molar-refractivity contribution is -0.141. The number of aliphatic hydroxyl groups excluding tert-OH is 2. The zero-order valence-corrected chi connectivity index (χ0v) is 49.2. The Balaban J connectivity index is 0.966. The fourth-order valence-corrected chi connectivity index (χ4v) is 14.1. The Hall–Kier alpha value is -8.26. The molecule has 4 N–H and O–H groups in total. The highest BCUT2D eigenvalue weighted by Gasteiger charge is 2.44. The van der Waals surface area contributed by atoms with E-state index in [-0.39, 0.29) is 54.2 Å². The predicted molar refractivity (Wildman–Crippen MR) is 325 cm³/mol. The van der Waals surface area contributed by atoms with Crippen molar-refractivity contribution in [2.75, 3.05) is 14.2 Å². The third-order valence-corrected chi connectivity index (χ3v) is 18.9. The van der Waals surface area contributed by atoms with Gasteiger partial charge in [-0.15, -0.1) is 0 Å². The average Bonchev–Trinajstić information content (AvgIpc) is 2.27. The van der Waals surface area contributed by atoms with Crippen LogP contribution in [0.3, 0.4) is 0 Å². The molecule has 0 amide bonds. The number of aliphatic imine (C=N–C) groups is 6. The molecule has 2 saturated heterocycles. The summed E-state index contributed by atoms with van der Waals surface area (Å²) >= 11 is 0. The molecule has 0 aromatic heterocycles. The molecule has 12 aliphatic rings. The maximum Gasteiger partial charge on any atom is 0.305 e. The summed E-state index contributed by atoms with van der Waals surface area (Å²) in [5, 5.41) is 31.1. The number of carbonyl (C=O) groups excluding carboxylic acids is 2. The van der Waals surface area contributed by atoms with Gasteiger partial charge in [0, 0.05) is 100 Å². The minimum Gasteiger partial charge on any atom is -0.511 e. The number of aliphatic hydroxyl groups is 2. The Morgan fingerprint density at radius 1 is 0.549 bits per heavy atom. The molecule has 0 aromatic carbocycles. The highest BCUT2D eigenvalue weighted by atomic mass is 16.5. The summed E-state index contributed by atoms with van der Waals surface area (Å²) in [6, 6.07) is 0. The van der Waals surface area contributed by atoms with Crippen molar-refractivity contribution in [1.82, 2.24) is 10.6 Å². The van der Waals surface area contributed by atoms with Crippen LogP contribution < -0.4 is 10.6 Å². The lowest BCUT2D eigenvalue weighted by atomic mass is 9.86. The van der Waals surface area contributed by atoms with Gasteiger partial charge in [-0.1, -0.05) is 46.8 Å². The van der Waals surface area contributed by atoms with E-state index < -0.39 is 0 Å². The number of carbonyl (C=O) groups is 2. The molecule has 0 unspecified atom stereocenters. The first-order valence-electron chi connectivity index (χ1n) is 29.2. The highest BCUT2D eigenvalue weighted by molar-refractivity contribution is 6.23. The largest absolute Gasteiger partial charge is 0.511 e. The van der Waals surface area contributed by atoms with Gasteiger partial charge in [0.2, 0.25) is 0 Å². The fraction of sp³-hybridized carbons (Fsp3) is 0.382. The molecular weight excluding hydrogens is 1020 g/mol. The molecule has 0 radical (unpaired) electrons. The van der Waals surface area contributed by atoms with E-state index in [2.05, 4.69) is 115 Å². The second kappa shape index (κ2) is 20.9. The van der Waals surface area contributed by atoms with Crippen molar-refractivity contribution >= 4 is 46.2 Å². The second-order valence-corrected chi connectivity index (χ2v) is 23.2. The number of hydrogen-bond donors (Lipinski definition) is 4. The van der Waals surface area contributed by atoms with Crippen LogP contribution in [-0.2, 0) is 19.1 Å². The van der Waals surface area contributed by atoms with E-state index in [1.807, 2.05) is 13.8 Å².